The van der Waals surface area contributed by atoms with Crippen LogP contribution in [0.15, 0.2) is 79.3 Å². The van der Waals surface area contributed by atoms with Crippen LogP contribution in [0.1, 0.15) is 59.2 Å². The predicted molar refractivity (Wildman–Crippen MR) is 158 cm³/mol. The topological polar surface area (TPSA) is 75.1 Å². The van der Waals surface area contributed by atoms with Crippen LogP contribution in [0, 0.1) is 13.8 Å². The van der Waals surface area contributed by atoms with Crippen molar-refractivity contribution in [1.29, 1.82) is 0 Å². The van der Waals surface area contributed by atoms with Gasteiger partial charge in [0, 0.05) is 55.2 Å². The lowest BCUT2D eigenvalue weighted by atomic mass is 9.96. The molecule has 1 amide bonds. The number of rotatable bonds is 9. The number of carbonyl (C=O) groups is 1. The molecule has 0 radical (unpaired) electrons. The second-order valence-electron chi connectivity index (χ2n) is 9.90. The third kappa shape index (κ3) is 5.71. The number of hydrogen-bond acceptors (Lipinski definition) is 4. The van der Waals surface area contributed by atoms with Crippen LogP contribution in [0.3, 0.4) is 0 Å². The maximum Gasteiger partial charge on any atom is 0.226 e. The van der Waals surface area contributed by atoms with E-state index in [1.54, 1.807) is 0 Å². The van der Waals surface area contributed by atoms with Crippen LogP contribution in [0.5, 0.6) is 0 Å². The summed E-state index contributed by atoms with van der Waals surface area (Å²) in [5, 5.41) is 7.25. The Hall–Kier alpha value is -4.04. The van der Waals surface area contributed by atoms with Crippen LogP contribution in [0.25, 0.3) is 0 Å². The molecule has 8 heteroatoms. The highest BCUT2D eigenvalue weighted by molar-refractivity contribution is 7.80. The second kappa shape index (κ2) is 11.8. The molecule has 5 rings (SSSR count). The zero-order valence-electron chi connectivity index (χ0n) is 22.6. The van der Waals surface area contributed by atoms with E-state index in [4.69, 9.17) is 12.2 Å². The first-order valence-corrected chi connectivity index (χ1v) is 13.8. The Kier molecular flexibility index (Phi) is 8.02. The molecule has 200 valence electrons. The molecule has 3 aromatic heterocycles. The van der Waals surface area contributed by atoms with Gasteiger partial charge in [0.2, 0.25) is 5.91 Å². The fourth-order valence-corrected chi connectivity index (χ4v) is 5.74. The van der Waals surface area contributed by atoms with Gasteiger partial charge in [0.05, 0.1) is 17.8 Å². The summed E-state index contributed by atoms with van der Waals surface area (Å²) in [6, 6.07) is 20.0. The third-order valence-electron chi connectivity index (χ3n) is 7.47. The number of carbonyl (C=O) groups excluding carboxylic acids is 1. The van der Waals surface area contributed by atoms with Gasteiger partial charge in [-0.15, -0.1) is 0 Å². The van der Waals surface area contributed by atoms with Crippen LogP contribution < -0.4 is 10.6 Å². The van der Waals surface area contributed by atoms with Crippen molar-refractivity contribution in [3.63, 3.8) is 0 Å². The summed E-state index contributed by atoms with van der Waals surface area (Å²) in [7, 11) is 0. The molecule has 0 unspecified atom stereocenters. The van der Waals surface area contributed by atoms with E-state index in [9.17, 15) is 4.79 Å². The maximum absolute atomic E-state index is 13.0. The van der Waals surface area contributed by atoms with Crippen LogP contribution >= 0.6 is 12.2 Å². The molecule has 7 nitrogen and oxygen atoms in total. The molecule has 1 aliphatic heterocycles. The number of anilines is 1. The molecule has 2 atom stereocenters. The van der Waals surface area contributed by atoms with Gasteiger partial charge >= 0.3 is 0 Å². The number of para-hydroxylation sites is 1. The van der Waals surface area contributed by atoms with Crippen molar-refractivity contribution in [3.8, 4) is 0 Å². The first-order valence-electron chi connectivity index (χ1n) is 13.4. The number of benzene rings is 1. The first kappa shape index (κ1) is 26.6. The third-order valence-corrected chi connectivity index (χ3v) is 7.82. The lowest BCUT2D eigenvalue weighted by molar-refractivity contribution is -0.116. The minimum atomic E-state index is -0.127. The monoisotopic (exact) mass is 538 g/mol. The highest BCUT2D eigenvalue weighted by atomic mass is 32.1. The Morgan fingerprint density at radius 1 is 1.05 bits per heavy atom. The smallest absolute Gasteiger partial charge is 0.226 e. The first-order chi connectivity index (χ1) is 19.0. The van der Waals surface area contributed by atoms with Crippen LogP contribution in [0.2, 0.25) is 0 Å². The Bertz CT molecular complexity index is 1450. The van der Waals surface area contributed by atoms with E-state index in [0.717, 1.165) is 29.9 Å². The Labute approximate surface area is 235 Å². The zero-order valence-corrected chi connectivity index (χ0v) is 23.4. The van der Waals surface area contributed by atoms with Crippen molar-refractivity contribution in [2.75, 3.05) is 11.9 Å². The van der Waals surface area contributed by atoms with E-state index in [-0.39, 0.29) is 18.0 Å². The van der Waals surface area contributed by atoms with Gasteiger partial charge in [-0.3, -0.25) is 14.8 Å². The number of nitrogens with one attached hydrogen (secondary N) is 2. The van der Waals surface area contributed by atoms with Crippen molar-refractivity contribution in [2.45, 2.75) is 52.2 Å². The number of aromatic nitrogens is 3. The average Bonchev–Trinajstić information content (AvgIpc) is 3.43. The normalized spacial score (nSPS) is 16.8. The minimum Gasteiger partial charge on any atom is -0.352 e. The van der Waals surface area contributed by atoms with E-state index in [2.05, 4.69) is 56.9 Å². The molecule has 39 heavy (non-hydrogen) atoms. The summed E-state index contributed by atoms with van der Waals surface area (Å²) in [5.74, 6) is -0.0260. The predicted octanol–water partition coefficient (Wildman–Crippen LogP) is 5.51. The number of nitrogens with zero attached hydrogens (tertiary/aromatic N) is 4. The number of pyridine rings is 2. The van der Waals surface area contributed by atoms with Gasteiger partial charge in [-0.05, 0) is 85.6 Å². The fourth-order valence-electron chi connectivity index (χ4n) is 5.41. The number of aryl methyl sites for hydroxylation is 2. The summed E-state index contributed by atoms with van der Waals surface area (Å²) in [6.45, 7) is 7.64. The summed E-state index contributed by atoms with van der Waals surface area (Å²) >= 11 is 5.85. The standard InChI is InChI=1S/C31H34N6OS/c1-4-24-9-5-6-10-26(24)34-28(38)14-18-36-30(29(35-31(36)39)27-11-7-8-15-33-27)25-19-21(2)37(22(25)3)20-23-12-16-32-17-13-23/h5-13,15-17,19,29-30H,4,14,18,20H2,1-3H3,(H,34,38)(H,35,39)/t29-,30+/m0/s1. The van der Waals surface area contributed by atoms with Gasteiger partial charge in [0.15, 0.2) is 5.11 Å². The molecule has 2 N–H and O–H groups in total. The quantitative estimate of drug-likeness (QED) is 0.274. The minimum absolute atomic E-state index is 0.0260. The van der Waals surface area contributed by atoms with Gasteiger partial charge in [0.1, 0.15) is 0 Å². The summed E-state index contributed by atoms with van der Waals surface area (Å²) in [6.07, 6.45) is 6.64. The second-order valence-corrected chi connectivity index (χ2v) is 10.3. The van der Waals surface area contributed by atoms with Gasteiger partial charge in [-0.25, -0.2) is 0 Å². The van der Waals surface area contributed by atoms with Crippen molar-refractivity contribution >= 4 is 28.9 Å². The number of thiocarbonyl (C=S) groups is 1. The molecule has 4 heterocycles. The molecule has 1 saturated heterocycles. The van der Waals surface area contributed by atoms with Crippen molar-refractivity contribution in [1.82, 2.24) is 24.8 Å². The number of amides is 1. The van der Waals surface area contributed by atoms with Gasteiger partial charge in [-0.2, -0.15) is 0 Å². The van der Waals surface area contributed by atoms with Gasteiger partial charge in [0.25, 0.3) is 0 Å². The summed E-state index contributed by atoms with van der Waals surface area (Å²) < 4.78 is 2.33. The van der Waals surface area contributed by atoms with Crippen LogP contribution in [-0.2, 0) is 17.8 Å². The molecular weight excluding hydrogens is 504 g/mol. The zero-order chi connectivity index (χ0) is 27.4. The van der Waals surface area contributed by atoms with Crippen LogP contribution in [-0.4, -0.2) is 37.0 Å². The lowest BCUT2D eigenvalue weighted by Crippen LogP contribution is -2.33. The molecule has 1 fully saturated rings. The van der Waals surface area contributed by atoms with E-state index in [1.165, 1.54) is 22.5 Å². The largest absolute Gasteiger partial charge is 0.352 e. The summed E-state index contributed by atoms with van der Waals surface area (Å²) in [5.41, 5.74) is 7.64. The fraction of sp³-hybridized carbons (Fsp3) is 0.290. The molecule has 0 spiro atoms. The molecule has 1 aromatic carbocycles. The Balaban J connectivity index is 1.43. The van der Waals surface area contributed by atoms with Crippen molar-refractivity contribution in [2.24, 2.45) is 0 Å². The lowest BCUT2D eigenvalue weighted by Gasteiger charge is -2.28. The molecule has 0 bridgehead atoms. The van der Waals surface area contributed by atoms with Crippen LogP contribution in [0.4, 0.5) is 5.69 Å². The molecule has 1 aliphatic rings. The molecule has 0 saturated carbocycles. The van der Waals surface area contributed by atoms with Gasteiger partial charge in [-0.1, -0.05) is 31.2 Å². The van der Waals surface area contributed by atoms with E-state index in [0.29, 0.717) is 18.1 Å². The maximum atomic E-state index is 13.0. The average molecular weight is 539 g/mol. The molecular formula is C31H34N6OS. The highest BCUT2D eigenvalue weighted by Crippen LogP contribution is 2.41. The van der Waals surface area contributed by atoms with E-state index in [1.807, 2.05) is 73.2 Å². The Morgan fingerprint density at radius 3 is 2.56 bits per heavy atom. The van der Waals surface area contributed by atoms with Crippen molar-refractivity contribution in [3.05, 3.63) is 113 Å². The van der Waals surface area contributed by atoms with Crippen molar-refractivity contribution < 1.29 is 4.79 Å². The molecule has 0 aliphatic carbocycles. The Morgan fingerprint density at radius 2 is 1.82 bits per heavy atom. The highest BCUT2D eigenvalue weighted by Gasteiger charge is 2.41. The SMILES string of the molecule is CCc1ccccc1NC(=O)CCN1C(=S)N[C@@H](c2ccccn2)[C@H]1c1cc(C)n(Cc2ccncc2)c1C. The molecule has 4 aromatic rings. The van der Waals surface area contributed by atoms with Gasteiger partial charge < -0.3 is 20.1 Å². The number of hydrogen-bond donors (Lipinski definition) is 2. The van der Waals surface area contributed by atoms with E-state index >= 15 is 0 Å². The van der Waals surface area contributed by atoms with E-state index < -0.39 is 0 Å². The summed E-state index contributed by atoms with van der Waals surface area (Å²) in [4.78, 5) is 24.0.